The van der Waals surface area contributed by atoms with E-state index in [1.54, 1.807) is 26.0 Å². The largest absolute Gasteiger partial charge is 0.487 e. The number of benzene rings is 1. The summed E-state index contributed by atoms with van der Waals surface area (Å²) in [6.45, 7) is 4.37. The molecule has 1 aromatic carbocycles. The van der Waals surface area contributed by atoms with Crippen molar-refractivity contribution in [1.82, 2.24) is 0 Å². The van der Waals surface area contributed by atoms with Crippen molar-refractivity contribution in [2.45, 2.75) is 39.5 Å². The molecule has 0 unspecified atom stereocenters. The predicted molar refractivity (Wildman–Crippen MR) is 78.4 cm³/mol. The maximum absolute atomic E-state index is 11.1. The Labute approximate surface area is 124 Å². The summed E-state index contributed by atoms with van der Waals surface area (Å²) in [7, 11) is 0. The molecule has 0 bridgehead atoms. The van der Waals surface area contributed by atoms with Crippen LogP contribution in [-0.4, -0.2) is 24.1 Å². The normalized spacial score (nSPS) is 10.2. The first-order valence-electron chi connectivity index (χ1n) is 7.08. The molecular weight excluding hydrogens is 274 g/mol. The number of unbranched alkanes of at least 4 members (excludes halogenated alkanes) is 2. The van der Waals surface area contributed by atoms with E-state index in [-0.39, 0.29) is 17.4 Å². The third-order valence-electron chi connectivity index (χ3n) is 2.90. The van der Waals surface area contributed by atoms with E-state index in [0.29, 0.717) is 19.6 Å². The van der Waals surface area contributed by atoms with Crippen LogP contribution < -0.4 is 4.74 Å². The molecule has 0 amide bonds. The van der Waals surface area contributed by atoms with E-state index in [9.17, 15) is 14.9 Å². The topological polar surface area (TPSA) is 78.7 Å². The Balaban J connectivity index is 2.30. The van der Waals surface area contributed by atoms with Crippen molar-refractivity contribution in [3.8, 4) is 5.75 Å². The van der Waals surface area contributed by atoms with Gasteiger partial charge in [-0.25, -0.2) is 0 Å². The van der Waals surface area contributed by atoms with Gasteiger partial charge in [0.2, 0.25) is 0 Å². The molecule has 0 aliphatic carbocycles. The van der Waals surface area contributed by atoms with E-state index in [1.807, 2.05) is 0 Å². The lowest BCUT2D eigenvalue weighted by molar-refractivity contribution is -0.385. The van der Waals surface area contributed by atoms with Gasteiger partial charge in [0.1, 0.15) is 0 Å². The van der Waals surface area contributed by atoms with Crippen molar-refractivity contribution in [2.24, 2.45) is 0 Å². The average molecular weight is 295 g/mol. The molecule has 0 N–H and O–H groups in total. The molecule has 0 aliphatic rings. The summed E-state index contributed by atoms with van der Waals surface area (Å²) in [4.78, 5) is 21.6. The number of nitro groups is 1. The summed E-state index contributed by atoms with van der Waals surface area (Å²) in [5, 5.41) is 10.9. The molecule has 1 rings (SSSR count). The number of nitro benzene ring substituents is 1. The summed E-state index contributed by atoms with van der Waals surface area (Å²) in [5.41, 5.74) is 0.810. The monoisotopic (exact) mass is 295 g/mol. The zero-order valence-corrected chi connectivity index (χ0v) is 12.5. The third-order valence-corrected chi connectivity index (χ3v) is 2.90. The van der Waals surface area contributed by atoms with Crippen LogP contribution in [0.3, 0.4) is 0 Å². The standard InChI is InChI=1S/C15H21NO5/c1-3-20-15(17)7-5-4-6-10-21-14-9-8-12(2)11-13(14)16(18)19/h8-9,11H,3-7,10H2,1-2H3. The molecule has 1 aromatic rings. The summed E-state index contributed by atoms with van der Waals surface area (Å²) in [6.07, 6.45) is 2.69. The van der Waals surface area contributed by atoms with E-state index in [0.717, 1.165) is 24.8 Å². The number of carbonyl (C=O) groups excluding carboxylic acids is 1. The van der Waals surface area contributed by atoms with Crippen LogP contribution in [-0.2, 0) is 9.53 Å². The molecular formula is C15H21NO5. The lowest BCUT2D eigenvalue weighted by Gasteiger charge is -2.07. The van der Waals surface area contributed by atoms with E-state index in [1.165, 1.54) is 6.07 Å². The zero-order valence-electron chi connectivity index (χ0n) is 12.5. The molecule has 6 heteroatoms. The molecule has 0 aliphatic heterocycles. The molecule has 0 aromatic heterocycles. The minimum absolute atomic E-state index is 0.0125. The highest BCUT2D eigenvalue weighted by molar-refractivity contribution is 5.69. The van der Waals surface area contributed by atoms with Gasteiger partial charge in [-0.2, -0.15) is 0 Å². The summed E-state index contributed by atoms with van der Waals surface area (Å²) < 4.78 is 10.3. The Morgan fingerprint density at radius 3 is 2.71 bits per heavy atom. The maximum Gasteiger partial charge on any atom is 0.311 e. The van der Waals surface area contributed by atoms with Gasteiger partial charge >= 0.3 is 11.7 Å². The van der Waals surface area contributed by atoms with Crippen LogP contribution in [0.15, 0.2) is 18.2 Å². The van der Waals surface area contributed by atoms with Crippen LogP contribution in [0.4, 0.5) is 5.69 Å². The Bertz CT molecular complexity index is 487. The van der Waals surface area contributed by atoms with Crippen molar-refractivity contribution in [3.63, 3.8) is 0 Å². The molecule has 0 heterocycles. The van der Waals surface area contributed by atoms with Crippen LogP contribution in [0.1, 0.15) is 38.2 Å². The first-order valence-corrected chi connectivity index (χ1v) is 7.08. The zero-order chi connectivity index (χ0) is 15.7. The van der Waals surface area contributed by atoms with E-state index in [2.05, 4.69) is 0 Å². The highest BCUT2D eigenvalue weighted by Gasteiger charge is 2.14. The minimum Gasteiger partial charge on any atom is -0.487 e. The Hall–Kier alpha value is -2.11. The van der Waals surface area contributed by atoms with Crippen molar-refractivity contribution >= 4 is 11.7 Å². The molecule has 0 spiro atoms. The van der Waals surface area contributed by atoms with Crippen LogP contribution in [0.5, 0.6) is 5.75 Å². The summed E-state index contributed by atoms with van der Waals surface area (Å²) in [5.74, 6) is 0.101. The molecule has 0 fully saturated rings. The van der Waals surface area contributed by atoms with E-state index >= 15 is 0 Å². The third kappa shape index (κ3) is 6.25. The first kappa shape index (κ1) is 16.9. The van der Waals surface area contributed by atoms with Gasteiger partial charge in [0.15, 0.2) is 5.75 Å². The van der Waals surface area contributed by atoms with Crippen LogP contribution >= 0.6 is 0 Å². The van der Waals surface area contributed by atoms with Gasteiger partial charge in [-0.1, -0.05) is 6.07 Å². The minimum atomic E-state index is -0.441. The fourth-order valence-electron chi connectivity index (χ4n) is 1.86. The van der Waals surface area contributed by atoms with Gasteiger partial charge in [0.05, 0.1) is 18.1 Å². The summed E-state index contributed by atoms with van der Waals surface area (Å²) in [6, 6.07) is 4.89. The number of hydrogen-bond donors (Lipinski definition) is 0. The van der Waals surface area contributed by atoms with Crippen molar-refractivity contribution in [1.29, 1.82) is 0 Å². The molecule has 116 valence electrons. The van der Waals surface area contributed by atoms with Gasteiger partial charge in [-0.3, -0.25) is 14.9 Å². The van der Waals surface area contributed by atoms with Crippen LogP contribution in [0.25, 0.3) is 0 Å². The Morgan fingerprint density at radius 1 is 1.29 bits per heavy atom. The fourth-order valence-corrected chi connectivity index (χ4v) is 1.86. The average Bonchev–Trinajstić information content (AvgIpc) is 2.44. The molecule has 0 saturated heterocycles. The van der Waals surface area contributed by atoms with Crippen molar-refractivity contribution in [2.75, 3.05) is 13.2 Å². The number of aryl methyl sites for hydroxylation is 1. The van der Waals surface area contributed by atoms with Crippen molar-refractivity contribution in [3.05, 3.63) is 33.9 Å². The van der Waals surface area contributed by atoms with Gasteiger partial charge in [-0.05, 0) is 44.7 Å². The van der Waals surface area contributed by atoms with Gasteiger partial charge in [0.25, 0.3) is 0 Å². The fraction of sp³-hybridized carbons (Fsp3) is 0.533. The second kappa shape index (κ2) is 8.94. The quantitative estimate of drug-likeness (QED) is 0.302. The summed E-state index contributed by atoms with van der Waals surface area (Å²) >= 11 is 0. The maximum atomic E-state index is 11.1. The number of esters is 1. The second-order valence-corrected chi connectivity index (χ2v) is 4.69. The van der Waals surface area contributed by atoms with E-state index in [4.69, 9.17) is 9.47 Å². The molecule has 0 saturated carbocycles. The Morgan fingerprint density at radius 2 is 2.05 bits per heavy atom. The number of carbonyl (C=O) groups is 1. The molecule has 0 atom stereocenters. The Kier molecular flexibility index (Phi) is 7.21. The number of nitrogens with zero attached hydrogens (tertiary/aromatic N) is 1. The lowest BCUT2D eigenvalue weighted by Crippen LogP contribution is -2.04. The highest BCUT2D eigenvalue weighted by atomic mass is 16.6. The first-order chi connectivity index (χ1) is 10.0. The number of ether oxygens (including phenoxy) is 2. The molecule has 21 heavy (non-hydrogen) atoms. The SMILES string of the molecule is CCOC(=O)CCCCCOc1ccc(C)cc1[N+](=O)[O-]. The van der Waals surface area contributed by atoms with Crippen molar-refractivity contribution < 1.29 is 19.2 Å². The van der Waals surface area contributed by atoms with Gasteiger partial charge in [-0.15, -0.1) is 0 Å². The molecule has 6 nitrogen and oxygen atoms in total. The molecule has 0 radical (unpaired) electrons. The number of rotatable bonds is 9. The smallest absolute Gasteiger partial charge is 0.311 e. The van der Waals surface area contributed by atoms with Crippen LogP contribution in [0.2, 0.25) is 0 Å². The van der Waals surface area contributed by atoms with Gasteiger partial charge in [0, 0.05) is 12.5 Å². The van der Waals surface area contributed by atoms with Crippen LogP contribution in [0, 0.1) is 17.0 Å². The van der Waals surface area contributed by atoms with Gasteiger partial charge < -0.3 is 9.47 Å². The number of hydrogen-bond acceptors (Lipinski definition) is 5. The van der Waals surface area contributed by atoms with E-state index < -0.39 is 4.92 Å². The second-order valence-electron chi connectivity index (χ2n) is 4.69. The lowest BCUT2D eigenvalue weighted by atomic mass is 10.2. The predicted octanol–water partition coefficient (Wildman–Crippen LogP) is 3.41. The highest BCUT2D eigenvalue weighted by Crippen LogP contribution is 2.27.